The van der Waals surface area contributed by atoms with E-state index in [1.54, 1.807) is 0 Å². The van der Waals surface area contributed by atoms with Crippen LogP contribution in [0.25, 0.3) is 0 Å². The Hall–Kier alpha value is -0.0100. The van der Waals surface area contributed by atoms with Crippen LogP contribution in [0.1, 0.15) is 24.8 Å². The van der Waals surface area contributed by atoms with Crippen molar-refractivity contribution in [2.75, 3.05) is 5.33 Å². The number of hydrogen-bond acceptors (Lipinski definition) is 0. The smallest absolute Gasteiger partial charge is 0.0406 e. The second-order valence-corrected chi connectivity index (χ2v) is 3.89. The van der Waals surface area contributed by atoms with Gasteiger partial charge in [0.15, 0.2) is 0 Å². The molecule has 0 nitrogen and oxygen atoms in total. The van der Waals surface area contributed by atoms with Crippen LogP contribution in [0.15, 0.2) is 24.3 Å². The van der Waals surface area contributed by atoms with Crippen molar-refractivity contribution < 1.29 is 0 Å². The van der Waals surface area contributed by atoms with Crippen molar-refractivity contribution in [1.29, 1.82) is 0 Å². The number of rotatable bonds is 3. The first kappa shape index (κ1) is 10.1. The minimum absolute atomic E-state index is 0.613. The first-order valence-corrected chi connectivity index (χ1v) is 5.59. The summed E-state index contributed by atoms with van der Waals surface area (Å²) in [5, 5.41) is 1.83. The van der Waals surface area contributed by atoms with Crippen molar-refractivity contribution >= 4 is 27.5 Å². The van der Waals surface area contributed by atoms with Crippen LogP contribution in [0.5, 0.6) is 0 Å². The molecule has 0 aliphatic rings. The lowest BCUT2D eigenvalue weighted by molar-refractivity contribution is 0.749. The zero-order chi connectivity index (χ0) is 8.97. The van der Waals surface area contributed by atoms with Crippen molar-refractivity contribution in [1.82, 2.24) is 0 Å². The minimum atomic E-state index is 0.613. The van der Waals surface area contributed by atoms with Gasteiger partial charge in [0.2, 0.25) is 0 Å². The Morgan fingerprint density at radius 1 is 1.33 bits per heavy atom. The topological polar surface area (TPSA) is 0 Å². The molecule has 1 unspecified atom stereocenters. The van der Waals surface area contributed by atoms with Crippen LogP contribution in [0, 0.1) is 0 Å². The van der Waals surface area contributed by atoms with Crippen LogP contribution in [0.3, 0.4) is 0 Å². The summed E-state index contributed by atoms with van der Waals surface area (Å²) in [5.74, 6) is 0.613. The van der Waals surface area contributed by atoms with Crippen LogP contribution >= 0.6 is 27.5 Å². The van der Waals surface area contributed by atoms with Crippen molar-refractivity contribution in [2.24, 2.45) is 0 Å². The molecule has 1 aromatic carbocycles. The lowest BCUT2D eigenvalue weighted by Crippen LogP contribution is -1.97. The molecule has 0 N–H and O–H groups in total. The van der Waals surface area contributed by atoms with Crippen molar-refractivity contribution in [3.05, 3.63) is 34.9 Å². The summed E-state index contributed by atoms with van der Waals surface area (Å²) in [6.45, 7) is 2.19. The predicted molar refractivity (Wildman–Crippen MR) is 58.3 cm³/mol. The maximum absolute atomic E-state index is 5.79. The zero-order valence-electron chi connectivity index (χ0n) is 7.06. The molecule has 1 aromatic rings. The van der Waals surface area contributed by atoms with E-state index in [0.717, 1.165) is 16.8 Å². The number of halogens is 2. The fourth-order valence-corrected chi connectivity index (χ4v) is 2.13. The van der Waals surface area contributed by atoms with Crippen LogP contribution in [0.2, 0.25) is 5.02 Å². The van der Waals surface area contributed by atoms with Gasteiger partial charge in [-0.05, 0) is 30.0 Å². The van der Waals surface area contributed by atoms with Crippen LogP contribution in [-0.4, -0.2) is 5.33 Å². The highest BCUT2D eigenvalue weighted by Crippen LogP contribution is 2.22. The maximum atomic E-state index is 5.79. The first-order chi connectivity index (χ1) is 5.77. The second-order valence-electron chi connectivity index (χ2n) is 2.81. The highest BCUT2D eigenvalue weighted by Gasteiger charge is 2.06. The monoisotopic (exact) mass is 246 g/mol. The normalized spacial score (nSPS) is 12.9. The zero-order valence-corrected chi connectivity index (χ0v) is 9.40. The van der Waals surface area contributed by atoms with Crippen molar-refractivity contribution in [3.63, 3.8) is 0 Å². The molecule has 1 rings (SSSR count). The summed E-state index contributed by atoms with van der Waals surface area (Å²) >= 11 is 9.29. The Balaban J connectivity index is 2.80. The summed E-state index contributed by atoms with van der Waals surface area (Å²) in [5.41, 5.74) is 1.36. The SMILES string of the molecule is CCC(CBr)c1ccc(Cl)cc1. The Bertz CT molecular complexity index is 226. The van der Waals surface area contributed by atoms with Gasteiger partial charge in [-0.2, -0.15) is 0 Å². The standard InChI is InChI=1S/C10H12BrCl/c1-2-8(7-11)9-3-5-10(12)6-4-9/h3-6,8H,2,7H2,1H3. The molecule has 2 heteroatoms. The molecular formula is C10H12BrCl. The predicted octanol–water partition coefficient (Wildman–Crippen LogP) is 4.23. The van der Waals surface area contributed by atoms with Gasteiger partial charge >= 0.3 is 0 Å². The van der Waals surface area contributed by atoms with E-state index in [1.807, 2.05) is 12.1 Å². The second kappa shape index (κ2) is 4.88. The number of hydrogen-bond donors (Lipinski definition) is 0. The molecule has 0 aromatic heterocycles. The molecule has 0 heterocycles. The Morgan fingerprint density at radius 3 is 2.33 bits per heavy atom. The molecule has 0 bridgehead atoms. The molecule has 12 heavy (non-hydrogen) atoms. The maximum Gasteiger partial charge on any atom is 0.0406 e. The molecular weight excluding hydrogens is 235 g/mol. The largest absolute Gasteiger partial charge is 0.0921 e. The molecule has 66 valence electrons. The summed E-state index contributed by atoms with van der Waals surface area (Å²) < 4.78 is 0. The highest BCUT2D eigenvalue weighted by molar-refractivity contribution is 9.09. The molecule has 0 amide bonds. The van der Waals surface area contributed by atoms with Gasteiger partial charge < -0.3 is 0 Å². The first-order valence-electron chi connectivity index (χ1n) is 4.09. The summed E-state index contributed by atoms with van der Waals surface area (Å²) in [6.07, 6.45) is 1.16. The molecule has 0 radical (unpaired) electrons. The van der Waals surface area contributed by atoms with E-state index in [1.165, 1.54) is 5.56 Å². The Labute approximate surface area is 87.1 Å². The van der Waals surface area contributed by atoms with Gasteiger partial charge in [0.1, 0.15) is 0 Å². The van der Waals surface area contributed by atoms with Crippen LogP contribution < -0.4 is 0 Å². The van der Waals surface area contributed by atoms with E-state index in [4.69, 9.17) is 11.6 Å². The fraction of sp³-hybridized carbons (Fsp3) is 0.400. The quantitative estimate of drug-likeness (QED) is 0.701. The molecule has 0 fully saturated rings. The van der Waals surface area contributed by atoms with E-state index in [9.17, 15) is 0 Å². The fourth-order valence-electron chi connectivity index (χ4n) is 1.17. The van der Waals surface area contributed by atoms with E-state index in [0.29, 0.717) is 5.92 Å². The van der Waals surface area contributed by atoms with E-state index in [2.05, 4.69) is 35.0 Å². The average Bonchev–Trinajstić information content (AvgIpc) is 2.10. The molecule has 0 spiro atoms. The molecule has 0 saturated carbocycles. The minimum Gasteiger partial charge on any atom is -0.0921 e. The molecule has 0 aliphatic carbocycles. The van der Waals surface area contributed by atoms with E-state index in [-0.39, 0.29) is 0 Å². The molecule has 0 saturated heterocycles. The van der Waals surface area contributed by atoms with Crippen LogP contribution in [-0.2, 0) is 0 Å². The third-order valence-electron chi connectivity index (χ3n) is 2.02. The van der Waals surface area contributed by atoms with Gasteiger partial charge in [-0.1, -0.05) is 46.6 Å². The van der Waals surface area contributed by atoms with E-state index < -0.39 is 0 Å². The van der Waals surface area contributed by atoms with Gasteiger partial charge in [0.05, 0.1) is 0 Å². The number of benzene rings is 1. The molecule has 1 atom stereocenters. The Kier molecular flexibility index (Phi) is 4.10. The lowest BCUT2D eigenvalue weighted by atomic mass is 9.99. The lowest BCUT2D eigenvalue weighted by Gasteiger charge is -2.11. The van der Waals surface area contributed by atoms with Crippen LogP contribution in [0.4, 0.5) is 0 Å². The van der Waals surface area contributed by atoms with E-state index >= 15 is 0 Å². The van der Waals surface area contributed by atoms with Gasteiger partial charge in [-0.15, -0.1) is 0 Å². The average molecular weight is 248 g/mol. The Morgan fingerprint density at radius 2 is 1.92 bits per heavy atom. The summed E-state index contributed by atoms with van der Waals surface area (Å²) in [7, 11) is 0. The molecule has 0 aliphatic heterocycles. The van der Waals surface area contributed by atoms with Gasteiger partial charge in [-0.25, -0.2) is 0 Å². The summed E-state index contributed by atoms with van der Waals surface area (Å²) in [4.78, 5) is 0. The highest BCUT2D eigenvalue weighted by atomic mass is 79.9. The van der Waals surface area contributed by atoms with Crippen molar-refractivity contribution in [2.45, 2.75) is 19.3 Å². The van der Waals surface area contributed by atoms with Crippen molar-refractivity contribution in [3.8, 4) is 0 Å². The third kappa shape index (κ3) is 2.49. The number of alkyl halides is 1. The van der Waals surface area contributed by atoms with Gasteiger partial charge in [0.25, 0.3) is 0 Å². The third-order valence-corrected chi connectivity index (χ3v) is 3.05. The van der Waals surface area contributed by atoms with Gasteiger partial charge in [-0.3, -0.25) is 0 Å². The summed E-state index contributed by atoms with van der Waals surface area (Å²) in [6, 6.07) is 8.08. The van der Waals surface area contributed by atoms with Gasteiger partial charge in [0, 0.05) is 10.4 Å².